The predicted octanol–water partition coefficient (Wildman–Crippen LogP) is 4.95. The highest BCUT2D eigenvalue weighted by molar-refractivity contribution is 9.10. The quantitative estimate of drug-likeness (QED) is 0.396. The number of nitrogens with one attached hydrogen (secondary N) is 2. The Morgan fingerprint density at radius 2 is 1.81 bits per heavy atom. The predicted molar refractivity (Wildman–Crippen MR) is 129 cm³/mol. The Hall–Kier alpha value is -2.81. The number of aryl methyl sites for hydroxylation is 1. The lowest BCUT2D eigenvalue weighted by Crippen LogP contribution is -2.30. The molecule has 3 aromatic carbocycles. The van der Waals surface area contributed by atoms with Gasteiger partial charge in [-0.1, -0.05) is 46.3 Å². The number of carboxylic acids is 1. The number of anilines is 1. The first kappa shape index (κ1) is 23.8. The minimum absolute atomic E-state index is 0.0286. The smallest absolute Gasteiger partial charge is 0.337 e. The molecule has 3 aromatic rings. The number of halogens is 1. The van der Waals surface area contributed by atoms with Gasteiger partial charge in [0, 0.05) is 16.1 Å². The highest BCUT2D eigenvalue weighted by Crippen LogP contribution is 2.22. The van der Waals surface area contributed by atoms with Crippen molar-refractivity contribution in [2.45, 2.75) is 31.2 Å². The number of carbonyl (C=O) groups is 2. The van der Waals surface area contributed by atoms with Gasteiger partial charge >= 0.3 is 5.97 Å². The first-order chi connectivity index (χ1) is 15.2. The second-order valence-corrected chi connectivity index (χ2v) is 9.56. The molecule has 0 bridgehead atoms. The number of hydrogen-bond donors (Lipinski definition) is 3. The van der Waals surface area contributed by atoms with E-state index in [4.69, 9.17) is 0 Å². The van der Waals surface area contributed by atoms with E-state index in [1.807, 2.05) is 32.0 Å². The summed E-state index contributed by atoms with van der Waals surface area (Å²) < 4.78 is 16.5. The number of carboxylic acid groups (broad SMARTS) is 1. The molecular formula is C24H23BrN2O4S. The Balaban J connectivity index is 1.71. The Kier molecular flexibility index (Phi) is 7.95. The van der Waals surface area contributed by atoms with Crippen molar-refractivity contribution < 1.29 is 18.9 Å². The van der Waals surface area contributed by atoms with Crippen LogP contribution < -0.4 is 10.0 Å². The van der Waals surface area contributed by atoms with Crippen LogP contribution in [-0.2, 0) is 17.4 Å². The summed E-state index contributed by atoms with van der Waals surface area (Å²) in [6.45, 7) is 4.00. The van der Waals surface area contributed by atoms with Gasteiger partial charge in [-0.05, 0) is 67.8 Å². The first-order valence-corrected chi connectivity index (χ1v) is 11.9. The van der Waals surface area contributed by atoms with E-state index in [9.17, 15) is 18.9 Å². The molecule has 32 heavy (non-hydrogen) atoms. The summed E-state index contributed by atoms with van der Waals surface area (Å²) in [6, 6.07) is 19.1. The van der Waals surface area contributed by atoms with Crippen LogP contribution in [0.25, 0.3) is 0 Å². The molecule has 2 atom stereocenters. The van der Waals surface area contributed by atoms with Crippen LogP contribution in [0.2, 0.25) is 0 Å². The average molecular weight is 515 g/mol. The topological polar surface area (TPSA) is 95.5 Å². The largest absolute Gasteiger partial charge is 0.478 e. The van der Waals surface area contributed by atoms with Crippen molar-refractivity contribution in [1.29, 1.82) is 0 Å². The lowest BCUT2D eigenvalue weighted by atomic mass is 10.0. The van der Waals surface area contributed by atoms with Gasteiger partial charge in [0.05, 0.1) is 16.1 Å². The van der Waals surface area contributed by atoms with Gasteiger partial charge in [0.25, 0.3) is 5.91 Å². The summed E-state index contributed by atoms with van der Waals surface area (Å²) in [6.07, 6.45) is 0.722. The highest BCUT2D eigenvalue weighted by Gasteiger charge is 2.16. The number of hydrogen-bond acceptors (Lipinski definition) is 3. The normalized spacial score (nSPS) is 12.7. The monoisotopic (exact) mass is 514 g/mol. The van der Waals surface area contributed by atoms with Crippen molar-refractivity contribution in [1.82, 2.24) is 4.72 Å². The molecule has 0 aromatic heterocycles. The molecule has 0 aliphatic carbocycles. The third kappa shape index (κ3) is 6.12. The first-order valence-electron chi connectivity index (χ1n) is 9.91. The van der Waals surface area contributed by atoms with Gasteiger partial charge in [-0.15, -0.1) is 0 Å². The molecule has 3 rings (SSSR count). The maximum absolute atomic E-state index is 12.8. The molecule has 0 heterocycles. The van der Waals surface area contributed by atoms with Crippen LogP contribution in [-0.4, -0.2) is 27.2 Å². The highest BCUT2D eigenvalue weighted by atomic mass is 79.9. The third-order valence-electron chi connectivity index (χ3n) is 4.87. The van der Waals surface area contributed by atoms with E-state index in [1.165, 1.54) is 29.3 Å². The molecule has 0 fully saturated rings. The molecule has 0 aliphatic heterocycles. The van der Waals surface area contributed by atoms with Gasteiger partial charge in [0.15, 0.2) is 0 Å². The lowest BCUT2D eigenvalue weighted by molar-refractivity contribution is 0.0698. The molecule has 8 heteroatoms. The van der Waals surface area contributed by atoms with E-state index in [-0.39, 0.29) is 22.9 Å². The minimum Gasteiger partial charge on any atom is -0.478 e. The summed E-state index contributed by atoms with van der Waals surface area (Å²) in [5, 5.41) is 12.0. The fourth-order valence-corrected chi connectivity index (χ4v) is 4.59. The molecular weight excluding hydrogens is 492 g/mol. The fraction of sp³-hybridized carbons (Fsp3) is 0.167. The third-order valence-corrected chi connectivity index (χ3v) is 6.66. The molecule has 166 valence electrons. The van der Waals surface area contributed by atoms with Crippen molar-refractivity contribution in [3.05, 3.63) is 93.5 Å². The fourth-order valence-electron chi connectivity index (χ4n) is 3.21. The SMILES string of the molecule is Cc1ccccc1CC(C)NS(=O)c1cccc(C(=O)Nc2ccc(Br)cc2C(=O)O)c1. The van der Waals surface area contributed by atoms with Crippen molar-refractivity contribution in [2.24, 2.45) is 0 Å². The number of aromatic carboxylic acids is 1. The molecule has 0 saturated heterocycles. The van der Waals surface area contributed by atoms with Crippen LogP contribution >= 0.6 is 15.9 Å². The second-order valence-electron chi connectivity index (χ2n) is 7.40. The van der Waals surface area contributed by atoms with Gasteiger partial charge in [-0.2, -0.15) is 0 Å². The Morgan fingerprint density at radius 1 is 1.06 bits per heavy atom. The Labute approximate surface area is 197 Å². The number of amides is 1. The Bertz CT molecular complexity index is 1180. The Morgan fingerprint density at radius 3 is 2.53 bits per heavy atom. The zero-order valence-electron chi connectivity index (χ0n) is 17.6. The van der Waals surface area contributed by atoms with E-state index in [2.05, 4.69) is 32.0 Å². The van der Waals surface area contributed by atoms with E-state index in [0.717, 1.165) is 6.42 Å². The van der Waals surface area contributed by atoms with Crippen LogP contribution in [0.4, 0.5) is 5.69 Å². The van der Waals surface area contributed by atoms with Crippen LogP contribution in [0.5, 0.6) is 0 Å². The molecule has 3 N–H and O–H groups in total. The molecule has 6 nitrogen and oxygen atoms in total. The second kappa shape index (κ2) is 10.7. The van der Waals surface area contributed by atoms with Crippen LogP contribution in [0.1, 0.15) is 38.8 Å². The molecule has 0 aliphatic rings. The van der Waals surface area contributed by atoms with Crippen LogP contribution in [0, 0.1) is 6.92 Å². The molecule has 0 spiro atoms. The van der Waals surface area contributed by atoms with Crippen LogP contribution in [0.3, 0.4) is 0 Å². The maximum atomic E-state index is 12.8. The van der Waals surface area contributed by atoms with E-state index >= 15 is 0 Å². The average Bonchev–Trinajstić information content (AvgIpc) is 2.76. The number of carbonyl (C=O) groups excluding carboxylic acids is 1. The summed E-state index contributed by atoms with van der Waals surface area (Å²) in [7, 11) is -1.51. The van der Waals surface area contributed by atoms with Gasteiger partial charge in [0.2, 0.25) is 0 Å². The van der Waals surface area contributed by atoms with E-state index < -0.39 is 22.9 Å². The van der Waals surface area contributed by atoms with Gasteiger partial charge in [-0.25, -0.2) is 13.7 Å². The molecule has 1 amide bonds. The lowest BCUT2D eigenvalue weighted by Gasteiger charge is -2.15. The maximum Gasteiger partial charge on any atom is 0.337 e. The van der Waals surface area contributed by atoms with Crippen molar-refractivity contribution >= 4 is 44.5 Å². The van der Waals surface area contributed by atoms with Gasteiger partial charge in [0.1, 0.15) is 11.0 Å². The molecule has 0 saturated carbocycles. The van der Waals surface area contributed by atoms with E-state index in [1.54, 1.807) is 24.3 Å². The summed E-state index contributed by atoms with van der Waals surface area (Å²) >= 11 is 3.23. The molecule has 0 radical (unpaired) electrons. The number of benzene rings is 3. The number of rotatable bonds is 8. The van der Waals surface area contributed by atoms with E-state index in [0.29, 0.717) is 9.37 Å². The summed E-state index contributed by atoms with van der Waals surface area (Å²) in [4.78, 5) is 24.6. The minimum atomic E-state index is -1.51. The summed E-state index contributed by atoms with van der Waals surface area (Å²) in [5.41, 5.74) is 2.80. The zero-order valence-corrected chi connectivity index (χ0v) is 20.0. The van der Waals surface area contributed by atoms with Crippen molar-refractivity contribution in [2.75, 3.05) is 5.32 Å². The summed E-state index contributed by atoms with van der Waals surface area (Å²) in [5.74, 6) is -1.63. The molecule has 2 unspecified atom stereocenters. The zero-order chi connectivity index (χ0) is 23.3. The van der Waals surface area contributed by atoms with Crippen LogP contribution in [0.15, 0.2) is 76.1 Å². The van der Waals surface area contributed by atoms with Crippen molar-refractivity contribution in [3.8, 4) is 0 Å². The van der Waals surface area contributed by atoms with Gasteiger partial charge in [-0.3, -0.25) is 4.79 Å². The standard InChI is InChI=1S/C24H23BrN2O4S/c1-15-6-3-4-7-17(15)12-16(2)27-32(31)20-9-5-8-18(13-20)23(28)26-22-11-10-19(25)14-21(22)24(29)30/h3-11,13-14,16,27H,12H2,1-2H3,(H,26,28)(H,29,30). The van der Waals surface area contributed by atoms with Gasteiger partial charge < -0.3 is 10.4 Å². The van der Waals surface area contributed by atoms with Crippen molar-refractivity contribution in [3.63, 3.8) is 0 Å².